The van der Waals surface area contributed by atoms with E-state index in [0.29, 0.717) is 19.6 Å². The molecule has 2 amide bonds. The zero-order valence-corrected chi connectivity index (χ0v) is 12.1. The first kappa shape index (κ1) is 13.6. The lowest BCUT2D eigenvalue weighted by Crippen LogP contribution is -2.44. The predicted molar refractivity (Wildman–Crippen MR) is 83.8 cm³/mol. The van der Waals surface area contributed by atoms with Crippen LogP contribution >= 0.6 is 0 Å². The molecule has 0 unspecified atom stereocenters. The number of hydrogen-bond acceptors (Lipinski definition) is 2. The Kier molecular flexibility index (Phi) is 3.62. The summed E-state index contributed by atoms with van der Waals surface area (Å²) in [5, 5.41) is 0. The van der Waals surface area contributed by atoms with Gasteiger partial charge in [0.25, 0.3) is 0 Å². The Hall–Kier alpha value is -2.33. The van der Waals surface area contributed by atoms with Gasteiger partial charge in [-0.2, -0.15) is 0 Å². The molecule has 0 saturated carbocycles. The van der Waals surface area contributed by atoms with Gasteiger partial charge in [-0.25, -0.2) is 4.79 Å². The summed E-state index contributed by atoms with van der Waals surface area (Å²) >= 11 is 0. The van der Waals surface area contributed by atoms with Crippen LogP contribution < -0.4 is 10.6 Å². The van der Waals surface area contributed by atoms with Gasteiger partial charge < -0.3 is 10.6 Å². The van der Waals surface area contributed by atoms with Crippen molar-refractivity contribution in [1.82, 2.24) is 4.90 Å². The van der Waals surface area contributed by atoms with Crippen molar-refractivity contribution in [1.29, 1.82) is 0 Å². The minimum absolute atomic E-state index is 0.0283. The molecule has 2 aromatic rings. The van der Waals surface area contributed by atoms with Crippen LogP contribution in [0.25, 0.3) is 0 Å². The molecule has 0 aromatic heterocycles. The standard InChI is InChI=1S/C17H19N3O/c1-19-11-15-8-4-5-9-16(15)20(17(19)21)12-14-7-3-2-6-13(14)10-18/h2-9H,10-12,18H2,1H3. The number of nitrogens with zero attached hydrogens (tertiary/aromatic N) is 2. The zero-order valence-electron chi connectivity index (χ0n) is 12.1. The van der Waals surface area contributed by atoms with Crippen molar-refractivity contribution in [2.45, 2.75) is 19.6 Å². The molecule has 1 aliphatic rings. The van der Waals surface area contributed by atoms with Crippen LogP contribution in [0.5, 0.6) is 0 Å². The number of nitrogens with two attached hydrogens (primary N) is 1. The van der Waals surface area contributed by atoms with Gasteiger partial charge >= 0.3 is 6.03 Å². The van der Waals surface area contributed by atoms with Crippen LogP contribution in [0, 0.1) is 0 Å². The minimum atomic E-state index is 0.0283. The molecule has 2 aromatic carbocycles. The Morgan fingerprint density at radius 1 is 1.05 bits per heavy atom. The van der Waals surface area contributed by atoms with E-state index in [1.807, 2.05) is 54.4 Å². The summed E-state index contributed by atoms with van der Waals surface area (Å²) in [4.78, 5) is 16.1. The maximum atomic E-state index is 12.5. The van der Waals surface area contributed by atoms with Crippen molar-refractivity contribution in [2.75, 3.05) is 11.9 Å². The van der Waals surface area contributed by atoms with E-state index in [9.17, 15) is 4.79 Å². The van der Waals surface area contributed by atoms with Crippen molar-refractivity contribution in [3.63, 3.8) is 0 Å². The lowest BCUT2D eigenvalue weighted by molar-refractivity contribution is 0.210. The van der Waals surface area contributed by atoms with Crippen LogP contribution in [0.4, 0.5) is 10.5 Å². The number of carbonyl (C=O) groups excluding carboxylic acids is 1. The predicted octanol–water partition coefficient (Wildman–Crippen LogP) is 2.72. The summed E-state index contributed by atoms with van der Waals surface area (Å²) < 4.78 is 0. The average molecular weight is 281 g/mol. The highest BCUT2D eigenvalue weighted by molar-refractivity contribution is 5.94. The summed E-state index contributed by atoms with van der Waals surface area (Å²) in [6.07, 6.45) is 0. The molecule has 0 spiro atoms. The quantitative estimate of drug-likeness (QED) is 0.940. The van der Waals surface area contributed by atoms with Crippen LogP contribution in [-0.2, 0) is 19.6 Å². The molecule has 0 atom stereocenters. The maximum Gasteiger partial charge on any atom is 0.324 e. The van der Waals surface area contributed by atoms with Gasteiger partial charge in [-0.15, -0.1) is 0 Å². The topological polar surface area (TPSA) is 49.6 Å². The van der Waals surface area contributed by atoms with E-state index < -0.39 is 0 Å². The molecule has 0 bridgehead atoms. The van der Waals surface area contributed by atoms with Crippen LogP contribution in [-0.4, -0.2) is 18.0 Å². The number of rotatable bonds is 3. The van der Waals surface area contributed by atoms with Gasteiger partial charge in [0.05, 0.1) is 12.2 Å². The highest BCUT2D eigenvalue weighted by Crippen LogP contribution is 2.29. The molecule has 108 valence electrons. The van der Waals surface area contributed by atoms with Crippen molar-refractivity contribution < 1.29 is 4.79 Å². The Labute approximate surface area is 124 Å². The second-order valence-electron chi connectivity index (χ2n) is 5.33. The van der Waals surface area contributed by atoms with E-state index in [-0.39, 0.29) is 6.03 Å². The fourth-order valence-electron chi connectivity index (χ4n) is 2.77. The second-order valence-corrected chi connectivity index (χ2v) is 5.33. The van der Waals surface area contributed by atoms with Gasteiger partial charge in [-0.3, -0.25) is 4.90 Å². The third-order valence-electron chi connectivity index (χ3n) is 3.91. The Morgan fingerprint density at radius 2 is 1.71 bits per heavy atom. The Balaban J connectivity index is 1.99. The molecule has 1 aliphatic heterocycles. The summed E-state index contributed by atoms with van der Waals surface area (Å²) in [5.74, 6) is 0. The van der Waals surface area contributed by atoms with E-state index in [1.165, 1.54) is 5.56 Å². The van der Waals surface area contributed by atoms with Gasteiger partial charge in [-0.1, -0.05) is 42.5 Å². The molecule has 4 nitrogen and oxygen atoms in total. The number of carbonyl (C=O) groups is 1. The van der Waals surface area contributed by atoms with Crippen LogP contribution in [0.3, 0.4) is 0 Å². The molecule has 0 fully saturated rings. The van der Waals surface area contributed by atoms with Gasteiger partial charge in [0, 0.05) is 20.1 Å². The highest BCUT2D eigenvalue weighted by atomic mass is 16.2. The Bertz CT molecular complexity index is 669. The van der Waals surface area contributed by atoms with Crippen LogP contribution in [0.2, 0.25) is 0 Å². The lowest BCUT2D eigenvalue weighted by Gasteiger charge is -2.35. The number of para-hydroxylation sites is 1. The van der Waals surface area contributed by atoms with Crippen molar-refractivity contribution in [2.24, 2.45) is 5.73 Å². The zero-order chi connectivity index (χ0) is 14.8. The smallest absolute Gasteiger partial charge is 0.324 e. The monoisotopic (exact) mass is 281 g/mol. The number of amides is 2. The van der Waals surface area contributed by atoms with Gasteiger partial charge in [0.15, 0.2) is 0 Å². The van der Waals surface area contributed by atoms with E-state index >= 15 is 0 Å². The lowest BCUT2D eigenvalue weighted by atomic mass is 10.0. The number of fused-ring (bicyclic) bond motifs is 1. The van der Waals surface area contributed by atoms with E-state index in [0.717, 1.165) is 16.8 Å². The van der Waals surface area contributed by atoms with Crippen molar-refractivity contribution in [3.05, 3.63) is 65.2 Å². The highest BCUT2D eigenvalue weighted by Gasteiger charge is 2.27. The van der Waals surface area contributed by atoms with E-state index in [1.54, 1.807) is 4.90 Å². The molecular weight excluding hydrogens is 262 g/mol. The fourth-order valence-corrected chi connectivity index (χ4v) is 2.77. The third kappa shape index (κ3) is 2.50. The number of anilines is 1. The molecule has 0 aliphatic carbocycles. The molecule has 1 heterocycles. The molecule has 2 N–H and O–H groups in total. The fraction of sp³-hybridized carbons (Fsp3) is 0.235. The summed E-state index contributed by atoms with van der Waals surface area (Å²) in [7, 11) is 1.83. The normalized spacial score (nSPS) is 14.3. The van der Waals surface area contributed by atoms with Gasteiger partial charge in [0.2, 0.25) is 0 Å². The average Bonchev–Trinajstić information content (AvgIpc) is 2.52. The first-order chi connectivity index (χ1) is 10.2. The molecule has 0 radical (unpaired) electrons. The number of urea groups is 1. The van der Waals surface area contributed by atoms with Gasteiger partial charge in [0.1, 0.15) is 0 Å². The van der Waals surface area contributed by atoms with Crippen molar-refractivity contribution in [3.8, 4) is 0 Å². The molecule has 3 rings (SSSR count). The number of benzene rings is 2. The largest absolute Gasteiger partial charge is 0.326 e. The van der Waals surface area contributed by atoms with Crippen molar-refractivity contribution >= 4 is 11.7 Å². The summed E-state index contributed by atoms with van der Waals surface area (Å²) in [6.45, 7) is 1.69. The van der Waals surface area contributed by atoms with Crippen LogP contribution in [0.1, 0.15) is 16.7 Å². The minimum Gasteiger partial charge on any atom is -0.326 e. The second kappa shape index (κ2) is 5.58. The summed E-state index contributed by atoms with van der Waals surface area (Å²) in [6, 6.07) is 16.1. The molecule has 4 heteroatoms. The molecular formula is C17H19N3O. The summed E-state index contributed by atoms with van der Waals surface area (Å²) in [5.41, 5.74) is 10.1. The van der Waals surface area contributed by atoms with E-state index in [4.69, 9.17) is 5.73 Å². The van der Waals surface area contributed by atoms with Crippen LogP contribution in [0.15, 0.2) is 48.5 Å². The SMILES string of the molecule is CN1Cc2ccccc2N(Cc2ccccc2CN)C1=O. The third-order valence-corrected chi connectivity index (χ3v) is 3.91. The first-order valence-corrected chi connectivity index (χ1v) is 7.08. The Morgan fingerprint density at radius 3 is 2.48 bits per heavy atom. The van der Waals surface area contributed by atoms with Gasteiger partial charge in [-0.05, 0) is 22.8 Å². The first-order valence-electron chi connectivity index (χ1n) is 7.08. The van der Waals surface area contributed by atoms with E-state index in [2.05, 4.69) is 6.07 Å². The molecule has 0 saturated heterocycles. The number of hydrogen-bond donors (Lipinski definition) is 1. The molecule has 21 heavy (non-hydrogen) atoms. The maximum absolute atomic E-state index is 12.5.